The molecular weight excluding hydrogens is 482 g/mol. The van der Waals surface area contributed by atoms with E-state index in [1.54, 1.807) is 16.7 Å². The molecule has 37 heavy (non-hydrogen) atoms. The Morgan fingerprint density at radius 2 is 1.62 bits per heavy atom. The second kappa shape index (κ2) is 10.00. The molecule has 3 heterocycles. The molecule has 4 aromatic rings. The van der Waals surface area contributed by atoms with Gasteiger partial charge in [0.25, 0.3) is 0 Å². The Labute approximate surface area is 220 Å². The van der Waals surface area contributed by atoms with E-state index in [0.717, 1.165) is 62.8 Å². The zero-order chi connectivity index (χ0) is 25.4. The third kappa shape index (κ3) is 4.38. The summed E-state index contributed by atoms with van der Waals surface area (Å²) in [6.45, 7) is 4.64. The first-order valence-electron chi connectivity index (χ1n) is 12.6. The molecule has 1 amide bonds. The quantitative estimate of drug-likeness (QED) is 0.308. The summed E-state index contributed by atoms with van der Waals surface area (Å²) in [5.74, 6) is -0.498. The minimum Gasteiger partial charge on any atom is -0.462 e. The van der Waals surface area contributed by atoms with E-state index in [0.29, 0.717) is 12.1 Å². The molecule has 2 aliphatic heterocycles. The molecule has 7 heteroatoms. The van der Waals surface area contributed by atoms with Gasteiger partial charge in [-0.3, -0.25) is 19.6 Å². The van der Waals surface area contributed by atoms with Crippen LogP contribution in [-0.4, -0.2) is 41.5 Å². The van der Waals surface area contributed by atoms with Crippen LogP contribution in [0.5, 0.6) is 0 Å². The SMILES string of the molecule is CCN1CCc2nc3ccccc3c(C(=O)OCCC(=O)N3c4ccccc4Sc4ccccc43)c2C1. The van der Waals surface area contributed by atoms with E-state index in [1.165, 1.54) is 0 Å². The zero-order valence-corrected chi connectivity index (χ0v) is 21.5. The van der Waals surface area contributed by atoms with E-state index in [-0.39, 0.29) is 18.9 Å². The number of esters is 1. The maximum atomic E-state index is 13.5. The van der Waals surface area contributed by atoms with Crippen LogP contribution in [0.25, 0.3) is 10.9 Å². The van der Waals surface area contributed by atoms with Crippen molar-refractivity contribution in [1.82, 2.24) is 9.88 Å². The minimum absolute atomic E-state index is 0.00849. The van der Waals surface area contributed by atoms with Crippen LogP contribution in [0, 0.1) is 0 Å². The lowest BCUT2D eigenvalue weighted by Gasteiger charge is -2.31. The number of rotatable bonds is 5. The molecule has 0 saturated carbocycles. The van der Waals surface area contributed by atoms with Crippen molar-refractivity contribution in [2.45, 2.75) is 36.1 Å². The van der Waals surface area contributed by atoms with Crippen LogP contribution in [0.3, 0.4) is 0 Å². The molecule has 0 atom stereocenters. The molecule has 0 N–H and O–H groups in total. The van der Waals surface area contributed by atoms with E-state index in [9.17, 15) is 9.59 Å². The van der Waals surface area contributed by atoms with Gasteiger partial charge in [0, 0.05) is 45.9 Å². The molecule has 0 saturated heterocycles. The Bertz CT molecular complexity index is 1470. The zero-order valence-electron chi connectivity index (χ0n) is 20.6. The van der Waals surface area contributed by atoms with Gasteiger partial charge in [-0.15, -0.1) is 0 Å². The lowest BCUT2D eigenvalue weighted by atomic mass is 9.96. The van der Waals surface area contributed by atoms with Crippen molar-refractivity contribution in [2.75, 3.05) is 24.6 Å². The van der Waals surface area contributed by atoms with E-state index >= 15 is 0 Å². The molecule has 6 rings (SSSR count). The molecule has 0 fully saturated rings. The summed E-state index contributed by atoms with van der Waals surface area (Å²) < 4.78 is 5.77. The normalized spacial score (nSPS) is 14.6. The topological polar surface area (TPSA) is 62.7 Å². The first kappa shape index (κ1) is 23.7. The first-order valence-corrected chi connectivity index (χ1v) is 13.4. The van der Waals surface area contributed by atoms with Crippen molar-refractivity contribution < 1.29 is 14.3 Å². The number of ether oxygens (including phenoxy) is 1. The molecule has 2 aliphatic rings. The van der Waals surface area contributed by atoms with Gasteiger partial charge in [-0.1, -0.05) is 61.2 Å². The fourth-order valence-corrected chi connectivity index (χ4v) is 6.20. The van der Waals surface area contributed by atoms with Crippen molar-refractivity contribution in [3.05, 3.63) is 89.6 Å². The maximum Gasteiger partial charge on any atom is 0.339 e. The molecule has 0 unspecified atom stereocenters. The Morgan fingerprint density at radius 3 is 2.35 bits per heavy atom. The Hall–Kier alpha value is -3.68. The number of benzene rings is 3. The predicted octanol–water partition coefficient (Wildman–Crippen LogP) is 5.99. The number of hydrogen-bond donors (Lipinski definition) is 0. The van der Waals surface area contributed by atoms with Crippen molar-refractivity contribution in [2.24, 2.45) is 0 Å². The van der Waals surface area contributed by atoms with Gasteiger partial charge in [-0.05, 0) is 36.9 Å². The van der Waals surface area contributed by atoms with E-state index in [1.807, 2.05) is 72.8 Å². The summed E-state index contributed by atoms with van der Waals surface area (Å²) in [6, 6.07) is 23.5. The number of anilines is 2. The highest BCUT2D eigenvalue weighted by molar-refractivity contribution is 7.99. The number of amides is 1. The van der Waals surface area contributed by atoms with Gasteiger partial charge in [-0.2, -0.15) is 0 Å². The summed E-state index contributed by atoms with van der Waals surface area (Å²) in [5.41, 5.74) is 5.00. The number of hydrogen-bond acceptors (Lipinski definition) is 6. The second-order valence-electron chi connectivity index (χ2n) is 9.20. The van der Waals surface area contributed by atoms with Crippen molar-refractivity contribution in [3.8, 4) is 0 Å². The molecule has 6 nitrogen and oxygen atoms in total. The Morgan fingerprint density at radius 1 is 0.946 bits per heavy atom. The molecule has 0 radical (unpaired) electrons. The number of pyridine rings is 1. The highest BCUT2D eigenvalue weighted by Crippen LogP contribution is 2.48. The molecule has 0 bridgehead atoms. The van der Waals surface area contributed by atoms with Gasteiger partial charge in [-0.25, -0.2) is 4.79 Å². The third-order valence-electron chi connectivity index (χ3n) is 7.01. The standard InChI is InChI=1S/C30H27N3O3S/c1-2-32-17-15-23-21(19-32)29(20-9-3-4-10-22(20)31-23)30(35)36-18-16-28(34)33-24-11-5-7-13-26(24)37-27-14-8-6-12-25(27)33/h3-14H,2,15-19H2,1H3. The Kier molecular flexibility index (Phi) is 6.40. The highest BCUT2D eigenvalue weighted by Gasteiger charge is 2.29. The smallest absolute Gasteiger partial charge is 0.339 e. The number of fused-ring (bicyclic) bond motifs is 4. The summed E-state index contributed by atoms with van der Waals surface area (Å²) in [6.07, 6.45) is 0.893. The average molecular weight is 510 g/mol. The van der Waals surface area contributed by atoms with Crippen LogP contribution >= 0.6 is 11.8 Å². The van der Waals surface area contributed by atoms with Crippen LogP contribution in [-0.2, 0) is 22.5 Å². The second-order valence-corrected chi connectivity index (χ2v) is 10.3. The fraction of sp³-hybridized carbons (Fsp3) is 0.233. The number of aromatic nitrogens is 1. The first-order chi connectivity index (χ1) is 18.1. The van der Waals surface area contributed by atoms with Gasteiger partial charge in [0.15, 0.2) is 0 Å². The lowest BCUT2D eigenvalue weighted by Crippen LogP contribution is -2.32. The van der Waals surface area contributed by atoms with Crippen molar-refractivity contribution in [3.63, 3.8) is 0 Å². The molecule has 0 aliphatic carbocycles. The summed E-state index contributed by atoms with van der Waals surface area (Å²) in [7, 11) is 0. The molecule has 0 spiro atoms. The average Bonchev–Trinajstić information content (AvgIpc) is 2.94. The summed E-state index contributed by atoms with van der Waals surface area (Å²) in [4.78, 5) is 37.9. The van der Waals surface area contributed by atoms with Crippen molar-refractivity contribution >= 4 is 45.9 Å². The molecule has 186 valence electrons. The largest absolute Gasteiger partial charge is 0.462 e. The summed E-state index contributed by atoms with van der Waals surface area (Å²) in [5, 5.41) is 0.798. The van der Waals surface area contributed by atoms with E-state index in [4.69, 9.17) is 9.72 Å². The maximum absolute atomic E-state index is 13.5. The van der Waals surface area contributed by atoms with Crippen LogP contribution < -0.4 is 4.90 Å². The predicted molar refractivity (Wildman–Crippen MR) is 145 cm³/mol. The van der Waals surface area contributed by atoms with Crippen LogP contribution in [0.1, 0.15) is 35.0 Å². The molecule has 1 aromatic heterocycles. The number of carbonyl (C=O) groups is 2. The minimum atomic E-state index is -0.393. The monoisotopic (exact) mass is 509 g/mol. The van der Waals surface area contributed by atoms with Crippen molar-refractivity contribution in [1.29, 1.82) is 0 Å². The van der Waals surface area contributed by atoms with E-state index in [2.05, 4.69) is 11.8 Å². The van der Waals surface area contributed by atoms with Gasteiger partial charge < -0.3 is 4.74 Å². The molecular formula is C30H27N3O3S. The highest BCUT2D eigenvalue weighted by atomic mass is 32.2. The molecule has 3 aromatic carbocycles. The Balaban J connectivity index is 1.24. The van der Waals surface area contributed by atoms with Gasteiger partial charge in [0.1, 0.15) is 6.61 Å². The van der Waals surface area contributed by atoms with Crippen LogP contribution in [0.4, 0.5) is 11.4 Å². The number of likely N-dealkylation sites (N-methyl/N-ethyl adjacent to an activating group) is 1. The van der Waals surface area contributed by atoms with E-state index < -0.39 is 5.97 Å². The van der Waals surface area contributed by atoms with Gasteiger partial charge in [0.05, 0.1) is 28.9 Å². The third-order valence-corrected chi connectivity index (χ3v) is 8.14. The number of nitrogens with zero attached hydrogens (tertiary/aromatic N) is 3. The number of carbonyl (C=O) groups excluding carboxylic acids is 2. The van der Waals surface area contributed by atoms with Crippen LogP contribution in [0.15, 0.2) is 82.6 Å². The summed E-state index contributed by atoms with van der Waals surface area (Å²) >= 11 is 1.66. The van der Waals surface area contributed by atoms with Gasteiger partial charge >= 0.3 is 5.97 Å². The lowest BCUT2D eigenvalue weighted by molar-refractivity contribution is -0.118. The number of para-hydroxylation sites is 3. The van der Waals surface area contributed by atoms with Gasteiger partial charge in [0.2, 0.25) is 5.91 Å². The fourth-order valence-electron chi connectivity index (χ4n) is 5.14. The van der Waals surface area contributed by atoms with Crippen LogP contribution in [0.2, 0.25) is 0 Å².